The lowest BCUT2D eigenvalue weighted by Gasteiger charge is -1.96. The van der Waals surface area contributed by atoms with Gasteiger partial charge < -0.3 is 0 Å². The number of aromatic amines is 1. The highest BCUT2D eigenvalue weighted by molar-refractivity contribution is 6.10. The lowest BCUT2D eigenvalue weighted by Crippen LogP contribution is -2.25. The van der Waals surface area contributed by atoms with E-state index in [9.17, 15) is 4.79 Å². The van der Waals surface area contributed by atoms with Gasteiger partial charge in [-0.1, -0.05) is 30.3 Å². The van der Waals surface area contributed by atoms with E-state index in [0.29, 0.717) is 11.5 Å². The van der Waals surface area contributed by atoms with Crippen molar-refractivity contribution in [1.82, 2.24) is 15.6 Å². The van der Waals surface area contributed by atoms with Crippen molar-refractivity contribution in [3.63, 3.8) is 0 Å². The molecule has 1 aromatic carbocycles. The fraction of sp³-hybridized carbons (Fsp3) is 0.154. The van der Waals surface area contributed by atoms with E-state index in [2.05, 4.69) is 31.0 Å². The van der Waals surface area contributed by atoms with Crippen LogP contribution in [0, 0.1) is 0 Å². The van der Waals surface area contributed by atoms with Crippen LogP contribution >= 0.6 is 0 Å². The molecule has 0 saturated carbocycles. The number of aromatic nitrogens is 2. The molecule has 1 aliphatic heterocycles. The summed E-state index contributed by atoms with van der Waals surface area (Å²) in [5.74, 6) is 0.154. The molecular formula is C13H12N6O. The number of carbonyl (C=O) groups is 1. The van der Waals surface area contributed by atoms with Gasteiger partial charge in [-0.15, -0.1) is 5.11 Å². The second-order valence-corrected chi connectivity index (χ2v) is 4.35. The average Bonchev–Trinajstić information content (AvgIpc) is 3.06. The number of rotatable bonds is 3. The normalized spacial score (nSPS) is 18.4. The molecule has 2 aromatic rings. The largest absolute Gasteiger partial charge is 0.276 e. The summed E-state index contributed by atoms with van der Waals surface area (Å²) in [6.07, 6.45) is 0. The number of carbonyl (C=O) groups excluding carboxylic acids is 1. The Morgan fingerprint density at radius 1 is 1.25 bits per heavy atom. The summed E-state index contributed by atoms with van der Waals surface area (Å²) in [6.45, 7) is 1.72. The van der Waals surface area contributed by atoms with Crippen LogP contribution in [0.5, 0.6) is 0 Å². The van der Waals surface area contributed by atoms with Gasteiger partial charge in [0, 0.05) is 6.07 Å². The van der Waals surface area contributed by atoms with E-state index in [1.54, 1.807) is 13.0 Å². The van der Waals surface area contributed by atoms with Crippen molar-refractivity contribution in [2.45, 2.75) is 13.0 Å². The first-order chi connectivity index (χ1) is 9.74. The molecular weight excluding hydrogens is 256 g/mol. The minimum atomic E-state index is -0.660. The van der Waals surface area contributed by atoms with Crippen molar-refractivity contribution in [1.29, 1.82) is 0 Å². The summed E-state index contributed by atoms with van der Waals surface area (Å²) >= 11 is 0. The molecule has 1 aromatic heterocycles. The van der Waals surface area contributed by atoms with Gasteiger partial charge in [0.2, 0.25) is 0 Å². The third-order valence-corrected chi connectivity index (χ3v) is 2.91. The Morgan fingerprint density at radius 2 is 2.05 bits per heavy atom. The Hall–Kier alpha value is -2.83. The molecule has 0 radical (unpaired) electrons. The molecule has 0 aliphatic carbocycles. The molecule has 0 spiro atoms. The minimum absolute atomic E-state index is 0.273. The Kier molecular flexibility index (Phi) is 3.08. The number of hydrogen-bond acceptors (Lipinski definition) is 5. The monoisotopic (exact) mass is 268 g/mol. The summed E-state index contributed by atoms with van der Waals surface area (Å²) in [7, 11) is 0. The van der Waals surface area contributed by atoms with Crippen LogP contribution in [0.25, 0.3) is 11.3 Å². The van der Waals surface area contributed by atoms with E-state index in [4.69, 9.17) is 0 Å². The maximum Gasteiger partial charge on any atom is 0.272 e. The van der Waals surface area contributed by atoms with E-state index in [1.807, 2.05) is 30.3 Å². The molecule has 7 nitrogen and oxygen atoms in total. The molecule has 0 fully saturated rings. The van der Waals surface area contributed by atoms with Gasteiger partial charge in [-0.3, -0.25) is 9.89 Å². The SMILES string of the molecule is CC1=NNC(=O)[C@@H]1N=Nc1cc(-c2ccccc2)[nH]n1. The fourth-order valence-electron chi connectivity index (χ4n) is 1.84. The molecule has 20 heavy (non-hydrogen) atoms. The zero-order valence-corrected chi connectivity index (χ0v) is 10.7. The van der Waals surface area contributed by atoms with Crippen molar-refractivity contribution in [3.05, 3.63) is 36.4 Å². The second kappa shape index (κ2) is 5.04. The molecule has 0 bridgehead atoms. The molecule has 3 rings (SSSR count). The molecule has 1 aliphatic rings. The standard InChI is InChI=1S/C13H12N6O/c1-8-12(13(20)19-14-8)18-17-11-7-10(15-16-11)9-5-3-2-4-6-9/h2-7,12H,1H3,(H,15,16)(H,19,20)/t12-/m1/s1. The van der Waals surface area contributed by atoms with Gasteiger partial charge >= 0.3 is 0 Å². The van der Waals surface area contributed by atoms with Crippen molar-refractivity contribution in [2.24, 2.45) is 15.3 Å². The summed E-state index contributed by atoms with van der Waals surface area (Å²) in [5.41, 5.74) is 4.81. The Bertz CT molecular complexity index is 688. The molecule has 0 saturated heterocycles. The molecule has 100 valence electrons. The highest BCUT2D eigenvalue weighted by Gasteiger charge is 2.26. The lowest BCUT2D eigenvalue weighted by molar-refractivity contribution is -0.120. The minimum Gasteiger partial charge on any atom is -0.276 e. The topological polar surface area (TPSA) is 94.9 Å². The van der Waals surface area contributed by atoms with E-state index in [1.165, 1.54) is 0 Å². The van der Waals surface area contributed by atoms with Gasteiger partial charge in [0.15, 0.2) is 11.9 Å². The summed E-state index contributed by atoms with van der Waals surface area (Å²) in [6, 6.07) is 10.9. The first-order valence-corrected chi connectivity index (χ1v) is 6.10. The number of nitrogens with zero attached hydrogens (tertiary/aromatic N) is 4. The summed E-state index contributed by atoms with van der Waals surface area (Å²) < 4.78 is 0. The third-order valence-electron chi connectivity index (χ3n) is 2.91. The third kappa shape index (κ3) is 2.33. The molecule has 1 amide bonds. The number of hydrogen-bond donors (Lipinski definition) is 2. The predicted octanol–water partition coefficient (Wildman–Crippen LogP) is 2.03. The van der Waals surface area contributed by atoms with Crippen molar-refractivity contribution in [2.75, 3.05) is 0 Å². The van der Waals surface area contributed by atoms with Crippen LogP contribution in [0.4, 0.5) is 5.82 Å². The number of hydrazone groups is 1. The zero-order chi connectivity index (χ0) is 13.9. The van der Waals surface area contributed by atoms with Gasteiger partial charge in [-0.25, -0.2) is 5.43 Å². The van der Waals surface area contributed by atoms with Crippen LogP contribution in [0.3, 0.4) is 0 Å². The smallest absolute Gasteiger partial charge is 0.272 e. The van der Waals surface area contributed by atoms with Crippen LogP contribution in [-0.2, 0) is 4.79 Å². The number of benzene rings is 1. The number of amides is 1. The molecule has 0 unspecified atom stereocenters. The van der Waals surface area contributed by atoms with Gasteiger partial charge in [0.05, 0.1) is 11.4 Å². The first kappa shape index (κ1) is 12.2. The maximum absolute atomic E-state index is 11.4. The number of nitrogens with one attached hydrogen (secondary N) is 2. The summed E-state index contributed by atoms with van der Waals surface area (Å²) in [5, 5.41) is 18.7. The molecule has 7 heteroatoms. The van der Waals surface area contributed by atoms with Crippen molar-refractivity contribution in [3.8, 4) is 11.3 Å². The molecule has 1 atom stereocenters. The van der Waals surface area contributed by atoms with Gasteiger partial charge in [0.1, 0.15) is 0 Å². The predicted molar refractivity (Wildman–Crippen MR) is 73.6 cm³/mol. The quantitative estimate of drug-likeness (QED) is 0.833. The van der Waals surface area contributed by atoms with E-state index >= 15 is 0 Å². The molecule has 2 heterocycles. The van der Waals surface area contributed by atoms with Gasteiger partial charge in [0.25, 0.3) is 5.91 Å². The highest BCUT2D eigenvalue weighted by Crippen LogP contribution is 2.21. The van der Waals surface area contributed by atoms with E-state index in [-0.39, 0.29) is 5.91 Å². The van der Waals surface area contributed by atoms with E-state index in [0.717, 1.165) is 11.3 Å². The zero-order valence-electron chi connectivity index (χ0n) is 10.7. The number of azo groups is 1. The summed E-state index contributed by atoms with van der Waals surface area (Å²) in [4.78, 5) is 11.4. The van der Waals surface area contributed by atoms with E-state index < -0.39 is 6.04 Å². The first-order valence-electron chi connectivity index (χ1n) is 6.10. The maximum atomic E-state index is 11.4. The fourth-order valence-corrected chi connectivity index (χ4v) is 1.84. The van der Waals surface area contributed by atoms with Crippen molar-refractivity contribution >= 4 is 17.4 Å². The Morgan fingerprint density at radius 3 is 2.75 bits per heavy atom. The average molecular weight is 268 g/mol. The molecule has 2 N–H and O–H groups in total. The Balaban J connectivity index is 1.78. The Labute approximate surface area is 114 Å². The second-order valence-electron chi connectivity index (χ2n) is 4.35. The van der Waals surface area contributed by atoms with Crippen molar-refractivity contribution < 1.29 is 4.79 Å². The van der Waals surface area contributed by atoms with Gasteiger partial charge in [-0.05, 0) is 12.5 Å². The number of H-pyrrole nitrogens is 1. The highest BCUT2D eigenvalue weighted by atomic mass is 16.2. The van der Waals surface area contributed by atoms with Crippen LogP contribution in [-0.4, -0.2) is 27.9 Å². The van der Waals surface area contributed by atoms with Crippen LogP contribution in [0.15, 0.2) is 51.7 Å². The van der Waals surface area contributed by atoms with Crippen LogP contribution < -0.4 is 5.43 Å². The lowest BCUT2D eigenvalue weighted by atomic mass is 10.2. The van der Waals surface area contributed by atoms with Crippen LogP contribution in [0.2, 0.25) is 0 Å². The van der Waals surface area contributed by atoms with Crippen LogP contribution in [0.1, 0.15) is 6.92 Å². The van der Waals surface area contributed by atoms with Gasteiger partial charge in [-0.2, -0.15) is 15.3 Å².